The summed E-state index contributed by atoms with van der Waals surface area (Å²) in [5, 5.41) is 7.60. The lowest BCUT2D eigenvalue weighted by atomic mass is 10.2. The van der Waals surface area contributed by atoms with Crippen LogP contribution in [-0.4, -0.2) is 18.6 Å². The van der Waals surface area contributed by atoms with Gasteiger partial charge in [-0.2, -0.15) is 5.10 Å². The highest BCUT2D eigenvalue weighted by molar-refractivity contribution is 7.92. The molecule has 25 heavy (non-hydrogen) atoms. The lowest BCUT2D eigenvalue weighted by Crippen LogP contribution is -2.22. The van der Waals surface area contributed by atoms with Crippen LogP contribution in [0.4, 0.5) is 23.0 Å². The van der Waals surface area contributed by atoms with Crippen LogP contribution in [0.5, 0.6) is 0 Å². The summed E-state index contributed by atoms with van der Waals surface area (Å²) in [5.41, 5.74) is 6.80. The number of rotatable bonds is 1. The Balaban J connectivity index is 2.08. The van der Waals surface area contributed by atoms with E-state index in [0.717, 1.165) is 0 Å². The first-order chi connectivity index (χ1) is 11.8. The molecule has 1 aromatic heterocycles. The number of nitrogens with zero attached hydrogens (tertiary/aromatic N) is 2. The van der Waals surface area contributed by atoms with Gasteiger partial charge in [0, 0.05) is 10.7 Å². The molecule has 0 unspecified atom stereocenters. The maximum atomic E-state index is 13.0. The molecule has 128 valence electrons. The number of nitrogen functional groups attached to an aromatic ring is 1. The maximum Gasteiger partial charge on any atom is 0.216 e. The van der Waals surface area contributed by atoms with E-state index in [0.29, 0.717) is 26.4 Å². The molecule has 6 nitrogen and oxygen atoms in total. The molecule has 2 aromatic carbocycles. The molecule has 3 aromatic rings. The fourth-order valence-electron chi connectivity index (χ4n) is 2.75. The normalized spacial score (nSPS) is 14.9. The fourth-order valence-corrected chi connectivity index (χ4v) is 4.93. The molecule has 0 saturated carbocycles. The Labute approximate surface area is 158 Å². The second kappa shape index (κ2) is 5.54. The smallest absolute Gasteiger partial charge is 0.216 e. The van der Waals surface area contributed by atoms with Crippen LogP contribution in [0.2, 0.25) is 15.1 Å². The van der Waals surface area contributed by atoms with Gasteiger partial charge in [-0.1, -0.05) is 34.8 Å². The Morgan fingerprint density at radius 1 is 1.04 bits per heavy atom. The molecule has 0 amide bonds. The minimum absolute atomic E-state index is 0.0340. The van der Waals surface area contributed by atoms with Crippen LogP contribution in [0, 0.1) is 0 Å². The Hall–Kier alpha value is -1.93. The van der Waals surface area contributed by atoms with E-state index in [-0.39, 0.29) is 21.4 Å². The van der Waals surface area contributed by atoms with Crippen molar-refractivity contribution in [3.05, 3.63) is 51.5 Å². The second-order valence-electron chi connectivity index (χ2n) is 5.34. The van der Waals surface area contributed by atoms with E-state index in [1.807, 2.05) is 0 Å². The molecule has 0 saturated heterocycles. The highest BCUT2D eigenvalue weighted by Gasteiger charge is 2.39. The van der Waals surface area contributed by atoms with E-state index in [1.54, 1.807) is 35.2 Å². The third-order valence-electron chi connectivity index (χ3n) is 3.82. The minimum atomic E-state index is -3.87. The Morgan fingerprint density at radius 2 is 1.80 bits per heavy atom. The summed E-state index contributed by atoms with van der Waals surface area (Å²) in [7, 11) is -3.87. The van der Waals surface area contributed by atoms with Gasteiger partial charge >= 0.3 is 0 Å². The van der Waals surface area contributed by atoms with Crippen LogP contribution >= 0.6 is 34.8 Å². The molecule has 10 heteroatoms. The summed E-state index contributed by atoms with van der Waals surface area (Å²) in [6, 6.07) is 9.53. The Morgan fingerprint density at radius 3 is 2.52 bits per heavy atom. The van der Waals surface area contributed by atoms with Crippen molar-refractivity contribution in [2.24, 2.45) is 0 Å². The number of H-pyrrole nitrogens is 1. The van der Waals surface area contributed by atoms with Gasteiger partial charge in [0.1, 0.15) is 5.82 Å². The molecule has 3 N–H and O–H groups in total. The molecule has 0 bridgehead atoms. The van der Waals surface area contributed by atoms with E-state index in [4.69, 9.17) is 40.5 Å². The zero-order chi connectivity index (χ0) is 17.9. The molecule has 4 rings (SSSR count). The van der Waals surface area contributed by atoms with Gasteiger partial charge in [-0.3, -0.25) is 10.00 Å². The number of aromatic nitrogens is 2. The number of hydrogen-bond acceptors (Lipinski definition) is 5. The Bertz CT molecular complexity index is 1130. The number of sulfone groups is 1. The standard InChI is InChI=1S/C15H9Cl3N4O2S/c16-7-1-4-11-12(5-7)25(23,24)13-14(19)20-21-15(13)22(11)8-2-3-9(17)10(18)6-8/h1-6H,(H3,19,20,21). The van der Waals surface area contributed by atoms with Crippen molar-refractivity contribution in [3.8, 4) is 0 Å². The van der Waals surface area contributed by atoms with Crippen LogP contribution in [0.1, 0.15) is 0 Å². The van der Waals surface area contributed by atoms with Crippen molar-refractivity contribution in [3.63, 3.8) is 0 Å². The molecule has 0 aliphatic carbocycles. The first kappa shape index (κ1) is 16.5. The predicted molar refractivity (Wildman–Crippen MR) is 98.2 cm³/mol. The topological polar surface area (TPSA) is 92.1 Å². The third kappa shape index (κ3) is 2.38. The zero-order valence-corrected chi connectivity index (χ0v) is 15.4. The average molecular weight is 416 g/mol. The molecular formula is C15H9Cl3N4O2S. The van der Waals surface area contributed by atoms with Crippen LogP contribution < -0.4 is 10.6 Å². The first-order valence-corrected chi connectivity index (χ1v) is 9.56. The lowest BCUT2D eigenvalue weighted by Gasteiger charge is -2.30. The van der Waals surface area contributed by atoms with Gasteiger partial charge in [-0.05, 0) is 36.4 Å². The second-order valence-corrected chi connectivity index (χ2v) is 8.45. The monoisotopic (exact) mass is 414 g/mol. The molecule has 2 heterocycles. The van der Waals surface area contributed by atoms with E-state index < -0.39 is 9.84 Å². The number of fused-ring (bicyclic) bond motifs is 2. The van der Waals surface area contributed by atoms with Crippen molar-refractivity contribution < 1.29 is 8.42 Å². The molecular weight excluding hydrogens is 407 g/mol. The van der Waals surface area contributed by atoms with Crippen molar-refractivity contribution in [1.82, 2.24) is 10.2 Å². The van der Waals surface area contributed by atoms with E-state index in [1.165, 1.54) is 6.07 Å². The molecule has 1 aliphatic rings. The molecule has 1 aliphatic heterocycles. The van der Waals surface area contributed by atoms with Crippen LogP contribution in [0.15, 0.2) is 46.2 Å². The van der Waals surface area contributed by atoms with Gasteiger partial charge in [-0.15, -0.1) is 0 Å². The van der Waals surface area contributed by atoms with Gasteiger partial charge in [0.05, 0.1) is 20.6 Å². The molecule has 0 atom stereocenters. The first-order valence-electron chi connectivity index (χ1n) is 6.94. The molecule has 0 fully saturated rings. The zero-order valence-electron chi connectivity index (χ0n) is 12.3. The van der Waals surface area contributed by atoms with Crippen molar-refractivity contribution >= 4 is 67.7 Å². The number of hydrogen-bond donors (Lipinski definition) is 2. The number of nitrogens with two attached hydrogens (primary N) is 1. The molecule has 0 radical (unpaired) electrons. The summed E-state index contributed by atoms with van der Waals surface area (Å²) >= 11 is 18.1. The summed E-state index contributed by atoms with van der Waals surface area (Å²) in [6.07, 6.45) is 0. The third-order valence-corrected chi connectivity index (χ3v) is 6.64. The SMILES string of the molecule is Nc1[nH]nc2c1S(=O)(=O)c1cc(Cl)ccc1N2c1ccc(Cl)c(Cl)c1. The van der Waals surface area contributed by atoms with Gasteiger partial charge in [0.25, 0.3) is 0 Å². The minimum Gasteiger partial charge on any atom is -0.383 e. The van der Waals surface area contributed by atoms with Crippen LogP contribution in [-0.2, 0) is 9.84 Å². The Kier molecular flexibility index (Phi) is 3.66. The average Bonchev–Trinajstić information content (AvgIpc) is 2.94. The summed E-state index contributed by atoms with van der Waals surface area (Å²) in [5.74, 6) is 0.108. The van der Waals surface area contributed by atoms with Crippen LogP contribution in [0.3, 0.4) is 0 Å². The van der Waals surface area contributed by atoms with Crippen molar-refractivity contribution in [2.45, 2.75) is 9.79 Å². The number of aromatic amines is 1. The van der Waals surface area contributed by atoms with E-state index in [2.05, 4.69) is 10.2 Å². The lowest BCUT2D eigenvalue weighted by molar-refractivity contribution is 0.595. The summed E-state index contributed by atoms with van der Waals surface area (Å²) < 4.78 is 25.9. The predicted octanol–water partition coefficient (Wildman–Crippen LogP) is 4.57. The maximum absolute atomic E-state index is 13.0. The number of anilines is 4. The number of benzene rings is 2. The highest BCUT2D eigenvalue weighted by atomic mass is 35.5. The van der Waals surface area contributed by atoms with Crippen molar-refractivity contribution in [1.29, 1.82) is 0 Å². The summed E-state index contributed by atoms with van der Waals surface area (Å²) in [4.78, 5) is 1.57. The largest absolute Gasteiger partial charge is 0.383 e. The van der Waals surface area contributed by atoms with Crippen molar-refractivity contribution in [2.75, 3.05) is 10.6 Å². The van der Waals surface area contributed by atoms with Gasteiger partial charge in [0.15, 0.2) is 10.7 Å². The van der Waals surface area contributed by atoms with Gasteiger partial charge in [0.2, 0.25) is 9.84 Å². The van der Waals surface area contributed by atoms with E-state index >= 15 is 0 Å². The van der Waals surface area contributed by atoms with Crippen LogP contribution in [0.25, 0.3) is 0 Å². The highest BCUT2D eigenvalue weighted by Crippen LogP contribution is 2.49. The van der Waals surface area contributed by atoms with Gasteiger partial charge < -0.3 is 5.73 Å². The molecule has 0 spiro atoms. The number of nitrogens with one attached hydrogen (secondary N) is 1. The quantitative estimate of drug-likeness (QED) is 0.475. The fraction of sp³-hybridized carbons (Fsp3) is 0. The van der Waals surface area contributed by atoms with E-state index in [9.17, 15) is 8.42 Å². The van der Waals surface area contributed by atoms with Gasteiger partial charge in [-0.25, -0.2) is 8.42 Å². The summed E-state index contributed by atoms with van der Waals surface area (Å²) in [6.45, 7) is 0. The number of halogens is 3.